The van der Waals surface area contributed by atoms with Crippen molar-refractivity contribution in [1.29, 1.82) is 0 Å². The third-order valence-electron chi connectivity index (χ3n) is 2.52. The minimum Gasteiger partial charge on any atom is -0.464 e. The Labute approximate surface area is 108 Å². The van der Waals surface area contributed by atoms with Crippen LogP contribution in [0.5, 0.6) is 0 Å². The SMILES string of the molecule is CCOC(=O)COCCNC(C)c1ccccc1. The van der Waals surface area contributed by atoms with Gasteiger partial charge in [-0.2, -0.15) is 0 Å². The second kappa shape index (κ2) is 8.66. The van der Waals surface area contributed by atoms with Gasteiger partial charge in [-0.05, 0) is 19.4 Å². The molecule has 1 aromatic rings. The molecule has 0 aliphatic heterocycles. The summed E-state index contributed by atoms with van der Waals surface area (Å²) in [7, 11) is 0. The molecule has 1 rings (SSSR count). The first-order valence-corrected chi connectivity index (χ1v) is 6.25. The normalized spacial score (nSPS) is 12.1. The molecule has 0 heterocycles. The molecule has 18 heavy (non-hydrogen) atoms. The van der Waals surface area contributed by atoms with Gasteiger partial charge in [0.2, 0.25) is 0 Å². The predicted octanol–water partition coefficient (Wildman–Crippen LogP) is 1.92. The zero-order valence-electron chi connectivity index (χ0n) is 11.0. The number of hydrogen-bond acceptors (Lipinski definition) is 4. The van der Waals surface area contributed by atoms with Gasteiger partial charge in [0.1, 0.15) is 6.61 Å². The van der Waals surface area contributed by atoms with Crippen molar-refractivity contribution >= 4 is 5.97 Å². The van der Waals surface area contributed by atoms with Crippen LogP contribution in [-0.2, 0) is 14.3 Å². The number of rotatable bonds is 8. The fourth-order valence-electron chi connectivity index (χ4n) is 1.57. The molecule has 0 bridgehead atoms. The molecule has 0 saturated carbocycles. The Morgan fingerprint density at radius 1 is 1.33 bits per heavy atom. The summed E-state index contributed by atoms with van der Waals surface area (Å²) < 4.78 is 9.95. The Bertz CT molecular complexity index is 340. The van der Waals surface area contributed by atoms with Crippen LogP contribution in [0.3, 0.4) is 0 Å². The average Bonchev–Trinajstić information content (AvgIpc) is 2.39. The summed E-state index contributed by atoms with van der Waals surface area (Å²) in [6.07, 6.45) is 0. The van der Waals surface area contributed by atoms with Crippen LogP contribution in [0.25, 0.3) is 0 Å². The molecule has 0 spiro atoms. The van der Waals surface area contributed by atoms with Crippen LogP contribution in [0, 0.1) is 0 Å². The van der Waals surface area contributed by atoms with Crippen molar-refractivity contribution in [3.63, 3.8) is 0 Å². The van der Waals surface area contributed by atoms with Gasteiger partial charge in [0.05, 0.1) is 13.2 Å². The first-order chi connectivity index (χ1) is 8.74. The molecule has 0 saturated heterocycles. The maximum absolute atomic E-state index is 11.0. The lowest BCUT2D eigenvalue weighted by Crippen LogP contribution is -2.24. The van der Waals surface area contributed by atoms with E-state index >= 15 is 0 Å². The van der Waals surface area contributed by atoms with Crippen molar-refractivity contribution in [3.8, 4) is 0 Å². The van der Waals surface area contributed by atoms with Crippen molar-refractivity contribution < 1.29 is 14.3 Å². The van der Waals surface area contributed by atoms with Gasteiger partial charge in [0.25, 0.3) is 0 Å². The van der Waals surface area contributed by atoms with E-state index in [1.54, 1.807) is 6.92 Å². The molecule has 0 aliphatic rings. The van der Waals surface area contributed by atoms with E-state index in [2.05, 4.69) is 24.4 Å². The topological polar surface area (TPSA) is 47.6 Å². The zero-order valence-corrected chi connectivity index (χ0v) is 11.0. The number of carbonyl (C=O) groups excluding carboxylic acids is 1. The smallest absolute Gasteiger partial charge is 0.332 e. The summed E-state index contributed by atoms with van der Waals surface area (Å²) >= 11 is 0. The summed E-state index contributed by atoms with van der Waals surface area (Å²) in [5.74, 6) is -0.311. The van der Waals surface area contributed by atoms with E-state index in [0.717, 1.165) is 0 Å². The van der Waals surface area contributed by atoms with Crippen molar-refractivity contribution in [3.05, 3.63) is 35.9 Å². The molecule has 1 aromatic carbocycles. The van der Waals surface area contributed by atoms with E-state index in [-0.39, 0.29) is 18.6 Å². The fraction of sp³-hybridized carbons (Fsp3) is 0.500. The van der Waals surface area contributed by atoms with Crippen molar-refractivity contribution in [2.75, 3.05) is 26.4 Å². The lowest BCUT2D eigenvalue weighted by molar-refractivity contribution is -0.148. The third kappa shape index (κ3) is 5.80. The molecule has 4 heteroatoms. The monoisotopic (exact) mass is 251 g/mol. The Balaban J connectivity index is 2.09. The van der Waals surface area contributed by atoms with Gasteiger partial charge in [-0.15, -0.1) is 0 Å². The van der Waals surface area contributed by atoms with E-state index < -0.39 is 0 Å². The molecule has 0 radical (unpaired) electrons. The summed E-state index contributed by atoms with van der Waals surface area (Å²) in [5.41, 5.74) is 1.24. The number of benzene rings is 1. The first kappa shape index (κ1) is 14.7. The number of nitrogens with one attached hydrogen (secondary N) is 1. The highest BCUT2D eigenvalue weighted by molar-refractivity contribution is 5.70. The summed E-state index contributed by atoms with van der Waals surface area (Å²) in [6.45, 7) is 5.49. The highest BCUT2D eigenvalue weighted by atomic mass is 16.6. The zero-order chi connectivity index (χ0) is 13.2. The maximum Gasteiger partial charge on any atom is 0.332 e. The Morgan fingerprint density at radius 3 is 2.72 bits per heavy atom. The van der Waals surface area contributed by atoms with Crippen LogP contribution >= 0.6 is 0 Å². The van der Waals surface area contributed by atoms with Crippen LogP contribution in [0.1, 0.15) is 25.5 Å². The van der Waals surface area contributed by atoms with Crippen molar-refractivity contribution in [1.82, 2.24) is 5.32 Å². The predicted molar refractivity (Wildman–Crippen MR) is 70.3 cm³/mol. The summed E-state index contributed by atoms with van der Waals surface area (Å²) in [6, 6.07) is 10.5. The van der Waals surface area contributed by atoms with E-state index in [0.29, 0.717) is 19.8 Å². The van der Waals surface area contributed by atoms with Crippen LogP contribution in [0.2, 0.25) is 0 Å². The molecule has 1 atom stereocenters. The number of ether oxygens (including phenoxy) is 2. The fourth-order valence-corrected chi connectivity index (χ4v) is 1.57. The lowest BCUT2D eigenvalue weighted by atomic mass is 10.1. The molecular formula is C14H21NO3. The molecule has 0 fully saturated rings. The number of esters is 1. The van der Waals surface area contributed by atoms with Crippen molar-refractivity contribution in [2.24, 2.45) is 0 Å². The second-order valence-corrected chi connectivity index (χ2v) is 3.94. The molecule has 100 valence electrons. The second-order valence-electron chi connectivity index (χ2n) is 3.94. The van der Waals surface area contributed by atoms with E-state index in [1.807, 2.05) is 18.2 Å². The highest BCUT2D eigenvalue weighted by Gasteiger charge is 2.04. The third-order valence-corrected chi connectivity index (χ3v) is 2.52. The Hall–Kier alpha value is -1.39. The van der Waals surface area contributed by atoms with Crippen LogP contribution in [0.15, 0.2) is 30.3 Å². The van der Waals surface area contributed by atoms with Crippen LogP contribution in [0.4, 0.5) is 0 Å². The molecular weight excluding hydrogens is 230 g/mol. The minimum absolute atomic E-state index is 0.0231. The number of carbonyl (C=O) groups is 1. The average molecular weight is 251 g/mol. The van der Waals surface area contributed by atoms with E-state index in [1.165, 1.54) is 5.56 Å². The number of hydrogen-bond donors (Lipinski definition) is 1. The first-order valence-electron chi connectivity index (χ1n) is 6.25. The standard InChI is InChI=1S/C14H21NO3/c1-3-18-14(16)11-17-10-9-15-12(2)13-7-5-4-6-8-13/h4-8,12,15H,3,9-11H2,1-2H3. The van der Waals surface area contributed by atoms with Gasteiger partial charge in [0.15, 0.2) is 0 Å². The summed E-state index contributed by atoms with van der Waals surface area (Å²) in [4.78, 5) is 11.0. The lowest BCUT2D eigenvalue weighted by Gasteiger charge is -2.14. The molecule has 0 aliphatic carbocycles. The summed E-state index contributed by atoms with van der Waals surface area (Å²) in [5, 5.41) is 3.33. The van der Waals surface area contributed by atoms with Crippen LogP contribution < -0.4 is 5.32 Å². The molecule has 1 N–H and O–H groups in total. The van der Waals surface area contributed by atoms with Gasteiger partial charge in [-0.3, -0.25) is 0 Å². The largest absolute Gasteiger partial charge is 0.464 e. The van der Waals surface area contributed by atoms with Crippen LogP contribution in [-0.4, -0.2) is 32.3 Å². The minimum atomic E-state index is -0.311. The van der Waals surface area contributed by atoms with Gasteiger partial charge in [-0.1, -0.05) is 30.3 Å². The Kier molecular flexibility index (Phi) is 7.06. The van der Waals surface area contributed by atoms with E-state index in [4.69, 9.17) is 9.47 Å². The van der Waals surface area contributed by atoms with Gasteiger partial charge in [-0.25, -0.2) is 4.79 Å². The quantitative estimate of drug-likeness (QED) is 0.566. The molecule has 0 amide bonds. The van der Waals surface area contributed by atoms with Gasteiger partial charge >= 0.3 is 5.97 Å². The molecule has 1 unspecified atom stereocenters. The van der Waals surface area contributed by atoms with Crippen molar-refractivity contribution in [2.45, 2.75) is 19.9 Å². The van der Waals surface area contributed by atoms with E-state index in [9.17, 15) is 4.79 Å². The Morgan fingerprint density at radius 2 is 2.06 bits per heavy atom. The highest BCUT2D eigenvalue weighted by Crippen LogP contribution is 2.10. The maximum atomic E-state index is 11.0. The molecule has 4 nitrogen and oxygen atoms in total. The van der Waals surface area contributed by atoms with Gasteiger partial charge < -0.3 is 14.8 Å². The van der Waals surface area contributed by atoms with Gasteiger partial charge in [0, 0.05) is 12.6 Å². The molecule has 0 aromatic heterocycles.